The Hall–Kier alpha value is -2.57. The predicted molar refractivity (Wildman–Crippen MR) is 96.2 cm³/mol. The van der Waals surface area contributed by atoms with Crippen molar-refractivity contribution in [1.29, 1.82) is 0 Å². The quantitative estimate of drug-likeness (QED) is 0.469. The average Bonchev–Trinajstić information content (AvgIpc) is 2.56. The molecule has 0 unspecified atom stereocenters. The molecular weight excluding hydrogens is 367 g/mol. The highest BCUT2D eigenvalue weighted by Gasteiger charge is 2.16. The standard InChI is InChI=1S/C17H14Cl2N2O4/c1-9(22)10-2-4-12(5-3-10)21-15(23)8-25-17(24)13-6-11(18)7-14(19)16(13)20/h2-7H,8,20H2,1H3,(H,21,23). The van der Waals surface area contributed by atoms with Gasteiger partial charge in [-0.15, -0.1) is 0 Å². The number of rotatable bonds is 5. The molecule has 0 aliphatic carbocycles. The fourth-order valence-corrected chi connectivity index (χ4v) is 2.44. The van der Waals surface area contributed by atoms with Crippen LogP contribution in [-0.4, -0.2) is 24.3 Å². The van der Waals surface area contributed by atoms with Crippen LogP contribution in [0.2, 0.25) is 10.0 Å². The van der Waals surface area contributed by atoms with E-state index in [1.54, 1.807) is 24.3 Å². The van der Waals surface area contributed by atoms with Gasteiger partial charge in [0.05, 0.1) is 16.3 Å². The van der Waals surface area contributed by atoms with Crippen molar-refractivity contribution in [2.24, 2.45) is 0 Å². The number of halogens is 2. The largest absolute Gasteiger partial charge is 0.452 e. The van der Waals surface area contributed by atoms with Crippen LogP contribution in [-0.2, 0) is 9.53 Å². The molecular formula is C17H14Cl2N2O4. The van der Waals surface area contributed by atoms with E-state index in [-0.39, 0.29) is 27.1 Å². The molecule has 0 aliphatic heterocycles. The molecule has 2 aromatic rings. The Labute approximate surface area is 153 Å². The molecule has 0 saturated carbocycles. The second kappa shape index (κ2) is 8.00. The second-order valence-electron chi connectivity index (χ2n) is 5.11. The third-order valence-electron chi connectivity index (χ3n) is 3.22. The summed E-state index contributed by atoms with van der Waals surface area (Å²) in [5.74, 6) is -1.44. The Balaban J connectivity index is 1.95. The Morgan fingerprint density at radius 3 is 2.36 bits per heavy atom. The summed E-state index contributed by atoms with van der Waals surface area (Å²) in [4.78, 5) is 35.0. The van der Waals surface area contributed by atoms with Crippen LogP contribution >= 0.6 is 23.2 Å². The molecule has 1 amide bonds. The van der Waals surface area contributed by atoms with Gasteiger partial charge in [0.2, 0.25) is 0 Å². The summed E-state index contributed by atoms with van der Waals surface area (Å²) < 4.78 is 4.91. The highest BCUT2D eigenvalue weighted by Crippen LogP contribution is 2.28. The van der Waals surface area contributed by atoms with Gasteiger partial charge in [-0.05, 0) is 43.3 Å². The number of benzene rings is 2. The van der Waals surface area contributed by atoms with E-state index in [2.05, 4.69) is 5.32 Å². The summed E-state index contributed by atoms with van der Waals surface area (Å²) >= 11 is 11.7. The van der Waals surface area contributed by atoms with Gasteiger partial charge in [-0.25, -0.2) is 4.79 Å². The van der Waals surface area contributed by atoms with Gasteiger partial charge in [0.25, 0.3) is 5.91 Å². The Morgan fingerprint density at radius 1 is 1.12 bits per heavy atom. The lowest BCUT2D eigenvalue weighted by Gasteiger charge is -2.09. The highest BCUT2D eigenvalue weighted by molar-refractivity contribution is 6.37. The Morgan fingerprint density at radius 2 is 1.76 bits per heavy atom. The monoisotopic (exact) mass is 380 g/mol. The molecule has 0 saturated heterocycles. The summed E-state index contributed by atoms with van der Waals surface area (Å²) in [6, 6.07) is 9.02. The Kier molecular flexibility index (Phi) is 6.01. The van der Waals surface area contributed by atoms with Gasteiger partial charge in [-0.3, -0.25) is 9.59 Å². The van der Waals surface area contributed by atoms with E-state index in [1.807, 2.05) is 0 Å². The Bertz CT molecular complexity index is 835. The predicted octanol–water partition coefficient (Wildman–Crippen LogP) is 3.57. The van der Waals surface area contributed by atoms with E-state index in [9.17, 15) is 14.4 Å². The van der Waals surface area contributed by atoms with Gasteiger partial charge in [0.15, 0.2) is 12.4 Å². The van der Waals surface area contributed by atoms with Gasteiger partial charge >= 0.3 is 5.97 Å². The van der Waals surface area contributed by atoms with Gasteiger partial charge in [0.1, 0.15) is 0 Å². The van der Waals surface area contributed by atoms with Crippen molar-refractivity contribution < 1.29 is 19.1 Å². The van der Waals surface area contributed by atoms with Crippen LogP contribution in [0.25, 0.3) is 0 Å². The van der Waals surface area contributed by atoms with E-state index in [4.69, 9.17) is 33.7 Å². The minimum absolute atomic E-state index is 0.0175. The summed E-state index contributed by atoms with van der Waals surface area (Å²) in [5, 5.41) is 2.88. The summed E-state index contributed by atoms with van der Waals surface area (Å²) in [6.45, 7) is 0.928. The number of ketones is 1. The molecule has 0 spiro atoms. The molecule has 0 radical (unpaired) electrons. The van der Waals surface area contributed by atoms with Gasteiger partial charge in [-0.2, -0.15) is 0 Å². The van der Waals surface area contributed by atoms with Crippen LogP contribution in [0.15, 0.2) is 36.4 Å². The maximum atomic E-state index is 12.0. The highest BCUT2D eigenvalue weighted by atomic mass is 35.5. The number of Topliss-reactive ketones (excluding diaryl/α,β-unsaturated/α-hetero) is 1. The van der Waals surface area contributed by atoms with E-state index in [1.165, 1.54) is 19.1 Å². The van der Waals surface area contributed by atoms with Gasteiger partial charge in [-0.1, -0.05) is 23.2 Å². The van der Waals surface area contributed by atoms with Crippen LogP contribution in [0, 0.1) is 0 Å². The molecule has 0 fully saturated rings. The molecule has 2 aromatic carbocycles. The summed E-state index contributed by atoms with van der Waals surface area (Å²) in [7, 11) is 0. The molecule has 2 rings (SSSR count). The van der Waals surface area contributed by atoms with E-state index >= 15 is 0 Å². The third-order valence-corrected chi connectivity index (χ3v) is 3.75. The number of anilines is 2. The van der Waals surface area contributed by atoms with Crippen LogP contribution in [0.3, 0.4) is 0 Å². The zero-order valence-corrected chi connectivity index (χ0v) is 14.6. The lowest BCUT2D eigenvalue weighted by molar-refractivity contribution is -0.119. The van der Waals surface area contributed by atoms with Crippen molar-refractivity contribution in [2.75, 3.05) is 17.7 Å². The fourth-order valence-electron chi connectivity index (χ4n) is 1.95. The van der Waals surface area contributed by atoms with E-state index in [0.29, 0.717) is 11.3 Å². The zero-order chi connectivity index (χ0) is 18.6. The molecule has 6 nitrogen and oxygen atoms in total. The van der Waals surface area contributed by atoms with Crippen molar-refractivity contribution in [3.8, 4) is 0 Å². The molecule has 0 aliphatic rings. The fraction of sp³-hybridized carbons (Fsp3) is 0.118. The maximum absolute atomic E-state index is 12.0. The summed E-state index contributed by atoms with van der Waals surface area (Å²) in [5.41, 5.74) is 6.70. The third kappa shape index (κ3) is 4.95. The number of carbonyl (C=O) groups is 3. The van der Waals surface area contributed by atoms with Crippen LogP contribution in [0.5, 0.6) is 0 Å². The van der Waals surface area contributed by atoms with Crippen molar-refractivity contribution in [1.82, 2.24) is 0 Å². The van der Waals surface area contributed by atoms with E-state index < -0.39 is 18.5 Å². The van der Waals surface area contributed by atoms with Crippen molar-refractivity contribution in [3.63, 3.8) is 0 Å². The molecule has 8 heteroatoms. The number of nitrogens with one attached hydrogen (secondary N) is 1. The van der Waals surface area contributed by atoms with Crippen molar-refractivity contribution in [2.45, 2.75) is 6.92 Å². The molecule has 0 bridgehead atoms. The average molecular weight is 381 g/mol. The van der Waals surface area contributed by atoms with Crippen LogP contribution in [0.1, 0.15) is 27.6 Å². The normalized spacial score (nSPS) is 10.2. The topological polar surface area (TPSA) is 98.5 Å². The number of esters is 1. The zero-order valence-electron chi connectivity index (χ0n) is 13.1. The van der Waals surface area contributed by atoms with Crippen LogP contribution in [0.4, 0.5) is 11.4 Å². The number of ether oxygens (including phenoxy) is 1. The molecule has 0 aromatic heterocycles. The summed E-state index contributed by atoms with van der Waals surface area (Å²) in [6.07, 6.45) is 0. The molecule has 0 atom stereocenters. The SMILES string of the molecule is CC(=O)c1ccc(NC(=O)COC(=O)c2cc(Cl)cc(Cl)c2N)cc1. The first-order valence-electron chi connectivity index (χ1n) is 7.10. The molecule has 0 heterocycles. The first-order chi connectivity index (χ1) is 11.8. The minimum Gasteiger partial charge on any atom is -0.452 e. The minimum atomic E-state index is -0.816. The molecule has 130 valence electrons. The van der Waals surface area contributed by atoms with Crippen molar-refractivity contribution in [3.05, 3.63) is 57.6 Å². The lowest BCUT2D eigenvalue weighted by Crippen LogP contribution is -2.21. The van der Waals surface area contributed by atoms with Crippen LogP contribution < -0.4 is 11.1 Å². The maximum Gasteiger partial charge on any atom is 0.340 e. The number of hydrogen-bond acceptors (Lipinski definition) is 5. The number of nitrogens with two attached hydrogens (primary N) is 1. The van der Waals surface area contributed by atoms with E-state index in [0.717, 1.165) is 0 Å². The van der Waals surface area contributed by atoms with Gasteiger partial charge < -0.3 is 15.8 Å². The number of hydrogen-bond donors (Lipinski definition) is 2. The smallest absolute Gasteiger partial charge is 0.340 e. The number of amides is 1. The number of nitrogen functional groups attached to an aromatic ring is 1. The molecule has 3 N–H and O–H groups in total. The van der Waals surface area contributed by atoms with Gasteiger partial charge in [0, 0.05) is 16.3 Å². The lowest BCUT2D eigenvalue weighted by atomic mass is 10.1. The first kappa shape index (κ1) is 18.8. The first-order valence-corrected chi connectivity index (χ1v) is 7.86. The number of carbonyl (C=O) groups excluding carboxylic acids is 3. The second-order valence-corrected chi connectivity index (χ2v) is 5.95. The molecule has 25 heavy (non-hydrogen) atoms. The van der Waals surface area contributed by atoms with Crippen molar-refractivity contribution >= 4 is 52.2 Å².